The van der Waals surface area contributed by atoms with Crippen molar-refractivity contribution in [3.8, 4) is 5.75 Å². The van der Waals surface area contributed by atoms with Crippen molar-refractivity contribution in [1.82, 2.24) is 23.7 Å². The summed E-state index contributed by atoms with van der Waals surface area (Å²) in [4.78, 5) is 36.6. The van der Waals surface area contributed by atoms with E-state index in [0.717, 1.165) is 12.8 Å². The molecule has 1 unspecified atom stereocenters. The lowest BCUT2D eigenvalue weighted by Gasteiger charge is -2.35. The van der Waals surface area contributed by atoms with Crippen LogP contribution in [0.25, 0.3) is 11.2 Å². The summed E-state index contributed by atoms with van der Waals surface area (Å²) in [5.74, 6) is -0.0349. The summed E-state index contributed by atoms with van der Waals surface area (Å²) in [6, 6.07) is 9.77. The van der Waals surface area contributed by atoms with Crippen LogP contribution in [0.4, 0.5) is 0 Å². The van der Waals surface area contributed by atoms with Crippen molar-refractivity contribution in [1.29, 1.82) is 0 Å². The fourth-order valence-corrected chi connectivity index (χ4v) is 5.50. The largest absolute Gasteiger partial charge is 0.593 e. The van der Waals surface area contributed by atoms with Gasteiger partial charge in [-0.2, -0.15) is 0 Å². The molecule has 5 rings (SSSR count). The molecule has 3 aromatic rings. The van der Waals surface area contributed by atoms with Gasteiger partial charge in [0.05, 0.1) is 20.2 Å². The average molecular weight is 470 g/mol. The van der Waals surface area contributed by atoms with Crippen LogP contribution in [0, 0.1) is 0 Å². The zero-order valence-corrected chi connectivity index (χ0v) is 18.9. The maximum absolute atomic E-state index is 13.2. The summed E-state index contributed by atoms with van der Waals surface area (Å²) in [5, 5.41) is 0. The van der Waals surface area contributed by atoms with E-state index in [0.29, 0.717) is 16.9 Å². The van der Waals surface area contributed by atoms with E-state index in [1.54, 1.807) is 35.0 Å². The lowest BCUT2D eigenvalue weighted by atomic mass is 10.3. The number of rotatable bonds is 5. The molecule has 1 aliphatic heterocycles. The average Bonchev–Trinajstić information content (AvgIpc) is 3.68. The lowest BCUT2D eigenvalue weighted by molar-refractivity contribution is 0.0685. The van der Waals surface area contributed by atoms with E-state index >= 15 is 0 Å². The first-order valence-corrected chi connectivity index (χ1v) is 12.1. The van der Waals surface area contributed by atoms with Gasteiger partial charge in [-0.15, -0.1) is 4.31 Å². The third-order valence-corrected chi connectivity index (χ3v) is 7.86. The van der Waals surface area contributed by atoms with E-state index in [1.165, 1.54) is 28.4 Å². The molecule has 11 heteroatoms. The number of piperazine rings is 1. The number of amides is 1. The Hall–Kier alpha value is -3.15. The molecule has 2 aliphatic rings. The van der Waals surface area contributed by atoms with E-state index in [-0.39, 0.29) is 42.8 Å². The SMILES string of the molecule is COc1cccc([S+](=O)([O-])N2CCN(C(=O)c3nc4cccnc4n(C4CC4)c3=O)CC2)c1. The smallest absolute Gasteiger partial charge is 0.284 e. The van der Waals surface area contributed by atoms with Crippen molar-refractivity contribution >= 4 is 27.5 Å². The minimum Gasteiger partial charge on any atom is -0.593 e. The molecule has 172 valence electrons. The number of hydrogen-bond donors (Lipinski definition) is 0. The highest BCUT2D eigenvalue weighted by Crippen LogP contribution is 2.35. The number of sulfonamides is 1. The molecule has 2 fully saturated rings. The highest BCUT2D eigenvalue weighted by Gasteiger charge is 2.36. The van der Waals surface area contributed by atoms with Gasteiger partial charge >= 0.3 is 0 Å². The minimum atomic E-state index is -3.73. The highest BCUT2D eigenvalue weighted by atomic mass is 32.3. The van der Waals surface area contributed by atoms with Crippen molar-refractivity contribution in [2.75, 3.05) is 33.3 Å². The van der Waals surface area contributed by atoms with Crippen LogP contribution in [0.3, 0.4) is 0 Å². The third-order valence-electron chi connectivity index (χ3n) is 5.97. The van der Waals surface area contributed by atoms with E-state index in [1.807, 2.05) is 0 Å². The molecule has 1 aliphatic carbocycles. The van der Waals surface area contributed by atoms with Gasteiger partial charge in [0, 0.05) is 31.4 Å². The summed E-state index contributed by atoms with van der Waals surface area (Å²) in [6.07, 6.45) is 3.33. The van der Waals surface area contributed by atoms with E-state index in [2.05, 4.69) is 9.97 Å². The van der Waals surface area contributed by atoms with Crippen LogP contribution in [-0.4, -0.2) is 67.5 Å². The standard InChI is InChI=1S/C22H23N5O5S/c1-32-16-4-2-5-17(14-16)33(30,31)26-12-10-25(11-13-26)21(28)19-22(29)27(15-7-8-15)20-18(24-19)6-3-9-23-20/h2-6,9,14-15H,7-8,10-13H2,1H3. The molecular formula is C22H23N5O5S. The van der Waals surface area contributed by atoms with Gasteiger partial charge in [0.1, 0.15) is 11.3 Å². The summed E-state index contributed by atoms with van der Waals surface area (Å²) in [5.41, 5.74) is 0.383. The predicted octanol–water partition coefficient (Wildman–Crippen LogP) is 1.50. The summed E-state index contributed by atoms with van der Waals surface area (Å²) in [7, 11) is -2.25. The first-order chi connectivity index (χ1) is 15.9. The Morgan fingerprint density at radius 1 is 1.15 bits per heavy atom. The lowest BCUT2D eigenvalue weighted by Crippen LogP contribution is -2.53. The molecule has 2 aromatic heterocycles. The number of ether oxygens (including phenoxy) is 1. The quantitative estimate of drug-likeness (QED) is 0.519. The van der Waals surface area contributed by atoms with Crippen molar-refractivity contribution in [3.63, 3.8) is 0 Å². The number of carbonyl (C=O) groups is 1. The highest BCUT2D eigenvalue weighted by molar-refractivity contribution is 7.95. The molecule has 1 saturated heterocycles. The van der Waals surface area contributed by atoms with E-state index in [9.17, 15) is 18.4 Å². The summed E-state index contributed by atoms with van der Waals surface area (Å²) < 4.78 is 34.1. The Kier molecular flexibility index (Phi) is 5.47. The van der Waals surface area contributed by atoms with Crippen molar-refractivity contribution in [2.24, 2.45) is 0 Å². The van der Waals surface area contributed by atoms with E-state index < -0.39 is 21.9 Å². The molecule has 3 heterocycles. The maximum Gasteiger partial charge on any atom is 0.284 e. The van der Waals surface area contributed by atoms with Crippen LogP contribution in [0.5, 0.6) is 5.75 Å². The fraction of sp³-hybridized carbons (Fsp3) is 0.364. The second kappa shape index (κ2) is 8.32. The van der Waals surface area contributed by atoms with E-state index in [4.69, 9.17) is 4.74 Å². The summed E-state index contributed by atoms with van der Waals surface area (Å²) >= 11 is 0. The first-order valence-electron chi connectivity index (χ1n) is 10.7. The molecule has 1 saturated carbocycles. The first kappa shape index (κ1) is 21.7. The second-order valence-electron chi connectivity index (χ2n) is 8.09. The fourth-order valence-electron chi connectivity index (χ4n) is 4.04. The van der Waals surface area contributed by atoms with Crippen molar-refractivity contribution < 1.29 is 18.3 Å². The Morgan fingerprint density at radius 3 is 2.61 bits per heavy atom. The number of nitrogens with zero attached hydrogens (tertiary/aromatic N) is 5. The minimum absolute atomic E-state index is 0.0364. The van der Waals surface area contributed by atoms with Crippen LogP contribution >= 0.6 is 0 Å². The molecule has 33 heavy (non-hydrogen) atoms. The Bertz CT molecular complexity index is 1330. The summed E-state index contributed by atoms with van der Waals surface area (Å²) in [6.45, 7) is 0.573. The topological polar surface area (TPSA) is 121 Å². The van der Waals surface area contributed by atoms with Gasteiger partial charge in [-0.05, 0) is 37.1 Å². The van der Waals surface area contributed by atoms with Gasteiger partial charge in [0.2, 0.25) is 0 Å². The number of carbonyl (C=O) groups excluding carboxylic acids is 1. The maximum atomic E-state index is 13.2. The Labute approximate surface area is 191 Å². The predicted molar refractivity (Wildman–Crippen MR) is 120 cm³/mol. The molecule has 1 atom stereocenters. The molecule has 1 amide bonds. The number of pyridine rings is 1. The molecule has 0 radical (unpaired) electrons. The molecule has 0 spiro atoms. The third kappa shape index (κ3) is 3.92. The van der Waals surface area contributed by atoms with Gasteiger partial charge in [-0.3, -0.25) is 14.2 Å². The number of hydrogen-bond acceptors (Lipinski definition) is 7. The molecule has 0 bridgehead atoms. The van der Waals surface area contributed by atoms with Crippen LogP contribution in [0.2, 0.25) is 0 Å². The van der Waals surface area contributed by atoms with Crippen LogP contribution in [0.1, 0.15) is 29.4 Å². The molecule has 1 aromatic carbocycles. The number of methoxy groups -OCH3 is 1. The second-order valence-corrected chi connectivity index (χ2v) is 10.0. The van der Waals surface area contributed by atoms with Gasteiger partial charge in [-0.1, -0.05) is 10.3 Å². The Morgan fingerprint density at radius 2 is 1.91 bits per heavy atom. The van der Waals surface area contributed by atoms with Gasteiger partial charge in [-0.25, -0.2) is 9.97 Å². The zero-order chi connectivity index (χ0) is 23.2. The van der Waals surface area contributed by atoms with Crippen LogP contribution < -0.4 is 10.3 Å². The number of aromatic nitrogens is 3. The van der Waals surface area contributed by atoms with Crippen molar-refractivity contribution in [3.05, 3.63) is 58.6 Å². The van der Waals surface area contributed by atoms with Gasteiger partial charge in [0.25, 0.3) is 11.5 Å². The van der Waals surface area contributed by atoms with Crippen LogP contribution in [-0.2, 0) is 14.6 Å². The monoisotopic (exact) mass is 469 g/mol. The van der Waals surface area contributed by atoms with Crippen molar-refractivity contribution in [2.45, 2.75) is 23.8 Å². The molecule has 0 N–H and O–H groups in total. The number of benzene rings is 1. The normalized spacial score (nSPS) is 18.8. The van der Waals surface area contributed by atoms with Gasteiger partial charge < -0.3 is 14.2 Å². The number of fused-ring (bicyclic) bond motifs is 1. The Balaban J connectivity index is 1.37. The molecule has 10 nitrogen and oxygen atoms in total. The van der Waals surface area contributed by atoms with Gasteiger partial charge in [0.15, 0.2) is 26.6 Å². The zero-order valence-electron chi connectivity index (χ0n) is 18.0. The molecular weight excluding hydrogens is 446 g/mol. The van der Waals surface area contributed by atoms with Crippen LogP contribution in [0.15, 0.2) is 52.3 Å².